The van der Waals surface area contributed by atoms with Crippen molar-refractivity contribution < 1.29 is 9.13 Å². The summed E-state index contributed by atoms with van der Waals surface area (Å²) in [7, 11) is 1.88. The van der Waals surface area contributed by atoms with Gasteiger partial charge in [-0.3, -0.25) is 0 Å². The Bertz CT molecular complexity index is 1160. The van der Waals surface area contributed by atoms with Crippen molar-refractivity contribution in [3.8, 4) is 5.75 Å². The van der Waals surface area contributed by atoms with Crippen molar-refractivity contribution in [3.63, 3.8) is 0 Å². The van der Waals surface area contributed by atoms with Crippen LogP contribution in [-0.2, 0) is 0 Å². The number of hydrogen-bond acceptors (Lipinski definition) is 6. The van der Waals surface area contributed by atoms with Gasteiger partial charge in [0, 0.05) is 41.1 Å². The summed E-state index contributed by atoms with van der Waals surface area (Å²) in [4.78, 5) is 11.8. The molecule has 0 atom stereocenters. The number of anilines is 4. The number of rotatable bonds is 8. The number of ether oxygens (including phenoxy) is 1. The van der Waals surface area contributed by atoms with Crippen LogP contribution in [0.2, 0.25) is 0 Å². The van der Waals surface area contributed by atoms with E-state index in [1.807, 2.05) is 44.3 Å². The molecule has 30 heavy (non-hydrogen) atoms. The first-order valence-corrected chi connectivity index (χ1v) is 9.65. The first kappa shape index (κ1) is 19.7. The highest BCUT2D eigenvalue weighted by atomic mass is 19.1. The molecule has 0 radical (unpaired) electrons. The fourth-order valence-corrected chi connectivity index (χ4v) is 3.09. The van der Waals surface area contributed by atoms with E-state index in [4.69, 9.17) is 4.74 Å². The number of benzene rings is 2. The third kappa shape index (κ3) is 4.49. The minimum absolute atomic E-state index is 0.323. The van der Waals surface area contributed by atoms with Crippen molar-refractivity contribution in [2.24, 2.45) is 0 Å². The number of aryl methyl sites for hydroxylation is 1. The Morgan fingerprint density at radius 2 is 2.00 bits per heavy atom. The van der Waals surface area contributed by atoms with Crippen LogP contribution in [0.5, 0.6) is 5.75 Å². The van der Waals surface area contributed by atoms with Gasteiger partial charge in [-0.25, -0.2) is 9.37 Å². The Hall–Kier alpha value is -3.65. The van der Waals surface area contributed by atoms with E-state index in [2.05, 4.69) is 30.9 Å². The lowest BCUT2D eigenvalue weighted by Gasteiger charge is -2.11. The Labute approximate surface area is 173 Å². The number of likely N-dealkylation sites (N-methyl/N-ethyl adjacent to an activating group) is 1. The maximum absolute atomic E-state index is 14.8. The van der Waals surface area contributed by atoms with Gasteiger partial charge in [0.05, 0.1) is 5.69 Å². The molecule has 7 nitrogen and oxygen atoms in total. The van der Waals surface area contributed by atoms with Crippen LogP contribution in [-0.4, -0.2) is 35.2 Å². The van der Waals surface area contributed by atoms with Gasteiger partial charge in [-0.05, 0) is 50.4 Å². The molecule has 0 spiro atoms. The summed E-state index contributed by atoms with van der Waals surface area (Å²) in [5.41, 5.74) is 2.82. The second-order valence-corrected chi connectivity index (χ2v) is 6.84. The van der Waals surface area contributed by atoms with Gasteiger partial charge in [-0.15, -0.1) is 0 Å². The molecule has 0 bridgehead atoms. The molecule has 154 valence electrons. The van der Waals surface area contributed by atoms with Gasteiger partial charge >= 0.3 is 0 Å². The number of aromatic nitrogens is 3. The number of halogens is 1. The lowest BCUT2D eigenvalue weighted by atomic mass is 10.2. The van der Waals surface area contributed by atoms with Crippen molar-refractivity contribution in [1.82, 2.24) is 20.3 Å². The van der Waals surface area contributed by atoms with E-state index in [1.165, 1.54) is 0 Å². The highest BCUT2D eigenvalue weighted by Crippen LogP contribution is 2.27. The summed E-state index contributed by atoms with van der Waals surface area (Å²) in [6, 6.07) is 14.6. The summed E-state index contributed by atoms with van der Waals surface area (Å²) in [6.07, 6.45) is 1.61. The third-order valence-electron chi connectivity index (χ3n) is 4.50. The zero-order chi connectivity index (χ0) is 20.9. The fourth-order valence-electron chi connectivity index (χ4n) is 3.09. The number of aromatic amines is 1. The topological polar surface area (TPSA) is 86.9 Å². The maximum Gasteiger partial charge on any atom is 0.229 e. The number of fused-ring (bicyclic) bond motifs is 1. The molecule has 0 saturated heterocycles. The molecule has 0 aliphatic heterocycles. The van der Waals surface area contributed by atoms with Crippen molar-refractivity contribution >= 4 is 34.0 Å². The Morgan fingerprint density at radius 3 is 2.87 bits per heavy atom. The molecule has 2 aromatic heterocycles. The SMILES string of the molecule is CNCCOc1cccc(Nc2nccc(Nc3ccc4[nH]c(C)cc4c3F)n2)c1. The van der Waals surface area contributed by atoms with Crippen LogP contribution in [0.4, 0.5) is 27.5 Å². The van der Waals surface area contributed by atoms with Crippen LogP contribution < -0.4 is 20.7 Å². The van der Waals surface area contributed by atoms with E-state index in [0.29, 0.717) is 29.4 Å². The van der Waals surface area contributed by atoms with Gasteiger partial charge in [-0.2, -0.15) is 4.98 Å². The van der Waals surface area contributed by atoms with E-state index in [1.54, 1.807) is 24.4 Å². The second-order valence-electron chi connectivity index (χ2n) is 6.84. The van der Waals surface area contributed by atoms with E-state index < -0.39 is 0 Å². The number of hydrogen-bond donors (Lipinski definition) is 4. The number of H-pyrrole nitrogens is 1. The molecule has 0 aliphatic carbocycles. The van der Waals surface area contributed by atoms with Crippen molar-refractivity contribution in [2.75, 3.05) is 30.8 Å². The molecule has 4 rings (SSSR count). The minimum Gasteiger partial charge on any atom is -0.492 e. The minimum atomic E-state index is -0.323. The summed E-state index contributed by atoms with van der Waals surface area (Å²) in [5.74, 6) is 1.31. The van der Waals surface area contributed by atoms with Crippen molar-refractivity contribution in [1.29, 1.82) is 0 Å². The quantitative estimate of drug-likeness (QED) is 0.323. The van der Waals surface area contributed by atoms with Crippen LogP contribution in [0.15, 0.2) is 54.7 Å². The molecule has 2 heterocycles. The molecule has 0 fully saturated rings. The molecule has 0 saturated carbocycles. The van der Waals surface area contributed by atoms with Gasteiger partial charge in [0.25, 0.3) is 0 Å². The predicted octanol–water partition coefficient (Wildman–Crippen LogP) is 4.49. The lowest BCUT2D eigenvalue weighted by molar-refractivity contribution is 0.318. The average molecular weight is 406 g/mol. The van der Waals surface area contributed by atoms with Crippen molar-refractivity contribution in [2.45, 2.75) is 6.92 Å². The van der Waals surface area contributed by atoms with E-state index in [0.717, 1.165) is 29.2 Å². The smallest absolute Gasteiger partial charge is 0.229 e. The number of nitrogens with one attached hydrogen (secondary N) is 4. The predicted molar refractivity (Wildman–Crippen MR) is 117 cm³/mol. The second kappa shape index (κ2) is 8.79. The molecule has 0 aliphatic rings. The molecular weight excluding hydrogens is 383 g/mol. The van der Waals surface area contributed by atoms with Crippen LogP contribution in [0.1, 0.15) is 5.69 Å². The zero-order valence-corrected chi connectivity index (χ0v) is 16.8. The summed E-state index contributed by atoms with van der Waals surface area (Å²) >= 11 is 0. The normalized spacial score (nSPS) is 10.9. The van der Waals surface area contributed by atoms with Gasteiger partial charge in [0.15, 0.2) is 5.82 Å². The van der Waals surface area contributed by atoms with Crippen LogP contribution >= 0.6 is 0 Å². The van der Waals surface area contributed by atoms with E-state index >= 15 is 0 Å². The molecule has 4 N–H and O–H groups in total. The molecule has 8 heteroatoms. The largest absolute Gasteiger partial charge is 0.492 e. The first-order chi connectivity index (χ1) is 14.6. The van der Waals surface area contributed by atoms with Gasteiger partial charge < -0.3 is 25.7 Å². The fraction of sp³-hybridized carbons (Fsp3) is 0.182. The molecule has 0 amide bonds. The Morgan fingerprint density at radius 1 is 1.10 bits per heavy atom. The summed E-state index contributed by atoms with van der Waals surface area (Å²) in [5, 5.41) is 9.76. The van der Waals surface area contributed by atoms with Crippen LogP contribution in [0.25, 0.3) is 10.9 Å². The molecular formula is C22H23FN6O. The first-order valence-electron chi connectivity index (χ1n) is 9.65. The highest BCUT2D eigenvalue weighted by molar-refractivity contribution is 5.85. The van der Waals surface area contributed by atoms with Crippen LogP contribution in [0.3, 0.4) is 0 Å². The summed E-state index contributed by atoms with van der Waals surface area (Å²) in [6.45, 7) is 3.24. The average Bonchev–Trinajstić information content (AvgIpc) is 3.12. The zero-order valence-electron chi connectivity index (χ0n) is 16.8. The molecule has 0 unspecified atom stereocenters. The molecule has 4 aromatic rings. The monoisotopic (exact) mass is 406 g/mol. The maximum atomic E-state index is 14.8. The van der Waals surface area contributed by atoms with Crippen molar-refractivity contribution in [3.05, 3.63) is 66.2 Å². The van der Waals surface area contributed by atoms with E-state index in [-0.39, 0.29) is 5.82 Å². The van der Waals surface area contributed by atoms with Gasteiger partial charge in [0.2, 0.25) is 5.95 Å². The standard InChI is InChI=1S/C22H23FN6O/c1-14-12-17-18(26-14)6-7-19(21(17)23)28-20-8-9-25-22(29-20)27-15-4-3-5-16(13-15)30-11-10-24-2/h3-9,12-13,24,26H,10-11H2,1-2H3,(H2,25,27,28,29). The number of nitrogens with zero attached hydrogens (tertiary/aromatic N) is 2. The summed E-state index contributed by atoms with van der Waals surface area (Å²) < 4.78 is 20.5. The third-order valence-corrected chi connectivity index (χ3v) is 4.50. The highest BCUT2D eigenvalue weighted by Gasteiger charge is 2.10. The van der Waals surface area contributed by atoms with Crippen LogP contribution in [0, 0.1) is 12.7 Å². The Balaban J connectivity index is 1.49. The van der Waals surface area contributed by atoms with E-state index in [9.17, 15) is 4.39 Å². The Kier molecular flexibility index (Phi) is 5.76. The lowest BCUT2D eigenvalue weighted by Crippen LogP contribution is -2.15. The van der Waals surface area contributed by atoms with Gasteiger partial charge in [0.1, 0.15) is 18.2 Å². The molecule has 2 aromatic carbocycles. The van der Waals surface area contributed by atoms with Gasteiger partial charge in [-0.1, -0.05) is 6.07 Å².